The number of nitro benzene ring substituents is 1. The van der Waals surface area contributed by atoms with Crippen LogP contribution in [-0.2, 0) is 37.0 Å². The van der Waals surface area contributed by atoms with Gasteiger partial charge in [-0.1, -0.05) is 18.2 Å². The highest BCUT2D eigenvalue weighted by Gasteiger charge is 2.56. The van der Waals surface area contributed by atoms with Gasteiger partial charge in [-0.2, -0.15) is 0 Å². The van der Waals surface area contributed by atoms with Crippen LogP contribution in [0, 0.1) is 17.0 Å². The number of carbonyl (C=O) groups excluding carboxylic acids is 4. The number of pyridine rings is 2. The molecule has 1 fully saturated rings. The van der Waals surface area contributed by atoms with E-state index in [-0.39, 0.29) is 35.4 Å². The molecule has 3 atom stereocenters. The second-order valence-electron chi connectivity index (χ2n) is 11.6. The third-order valence-corrected chi connectivity index (χ3v) is 9.46. The molecule has 2 amide bonds. The van der Waals surface area contributed by atoms with E-state index in [0.29, 0.717) is 29.2 Å². The number of β-lactam (4-membered cyclic amide) rings is 1. The molecule has 1 saturated heterocycles. The van der Waals surface area contributed by atoms with Crippen LogP contribution in [0.4, 0.5) is 5.69 Å². The Kier molecular flexibility index (Phi) is 10.1. The largest absolute Gasteiger partial charge is 0.484 e. The van der Waals surface area contributed by atoms with E-state index in [1.54, 1.807) is 59.4 Å². The van der Waals surface area contributed by atoms with Gasteiger partial charge >= 0.3 is 11.9 Å². The number of hydrogen-bond acceptors (Lipinski definition) is 12. The molecule has 0 bridgehead atoms. The van der Waals surface area contributed by atoms with Gasteiger partial charge in [-0.05, 0) is 61.2 Å². The van der Waals surface area contributed by atoms with Crippen LogP contribution in [0.5, 0.6) is 5.75 Å². The molecule has 0 saturated carbocycles. The number of aryl methyl sites for hydroxylation is 2. The maximum Gasteiger partial charge on any atom is 0.343 e. The minimum absolute atomic E-state index is 0.138. The number of fused-ring (bicyclic) bond motifs is 2. The van der Waals surface area contributed by atoms with Crippen LogP contribution < -0.4 is 15.5 Å². The number of para-hydroxylation sites is 1. The number of aromatic nitrogens is 2. The Morgan fingerprint density at radius 3 is 2.45 bits per heavy atom. The molecule has 1 N–H and O–H groups in total. The Hall–Kier alpha value is -6.03. The van der Waals surface area contributed by atoms with Gasteiger partial charge in [0.25, 0.3) is 11.6 Å². The monoisotopic (exact) mass is 713 g/mol. The molecule has 0 spiro atoms. The lowest BCUT2D eigenvalue weighted by Gasteiger charge is -2.51. The zero-order chi connectivity index (χ0) is 36.2. The van der Waals surface area contributed by atoms with Crippen LogP contribution in [0.1, 0.15) is 28.5 Å². The normalized spacial score (nSPS) is 17.8. The maximum atomic E-state index is 13.6. The second-order valence-corrected chi connectivity index (χ2v) is 12.6. The van der Waals surface area contributed by atoms with Crippen LogP contribution >= 0.6 is 11.8 Å². The van der Waals surface area contributed by atoms with E-state index < -0.39 is 58.2 Å². The number of nitro groups is 1. The summed E-state index contributed by atoms with van der Waals surface area (Å²) in [6.45, 7) is 2.99. The van der Waals surface area contributed by atoms with Gasteiger partial charge in [0.1, 0.15) is 41.6 Å². The molecule has 15 nitrogen and oxygen atoms in total. The van der Waals surface area contributed by atoms with Crippen molar-refractivity contribution < 1.29 is 38.3 Å². The van der Waals surface area contributed by atoms with Crippen LogP contribution in [0.3, 0.4) is 0 Å². The Bertz CT molecular complexity index is 2120. The van der Waals surface area contributed by atoms with Crippen molar-refractivity contribution in [3.8, 4) is 5.75 Å². The standard InChI is InChI=1S/C35H31N5O10S/c1-3-38-15-26(30(42)25-14-9-20(2)36-31(25)38)34(44)50-17-22-19-51-33-28(37-27(41)18-48-24-7-5-4-6-8-24)32(43)39(33)29(22)35(45)49-16-21-10-12-23(13-11-21)40(46)47/h4-15,19,28-29,33H,3,16-18H2,1-2H3,(H,37,41)/t28-,29-,33-/m1/s1. The lowest BCUT2D eigenvalue weighted by molar-refractivity contribution is -0.384. The summed E-state index contributed by atoms with van der Waals surface area (Å²) in [6.07, 6.45) is 1.38. The van der Waals surface area contributed by atoms with Gasteiger partial charge in [0.2, 0.25) is 11.3 Å². The average Bonchev–Trinajstić information content (AvgIpc) is 3.14. The second kappa shape index (κ2) is 14.8. The fourth-order valence-corrected chi connectivity index (χ4v) is 6.83. The summed E-state index contributed by atoms with van der Waals surface area (Å²) in [5, 5.41) is 14.8. The van der Waals surface area contributed by atoms with E-state index >= 15 is 0 Å². The SMILES string of the molecule is CCn1cc(C(=O)OCC2=CS[C@@H]3[C@H](NC(=O)COc4ccccc4)C(=O)N3[C@H]2C(=O)OCc2ccc([N+](=O)[O-])cc2)c(=O)c2ccc(C)nc21. The summed E-state index contributed by atoms with van der Waals surface area (Å²) in [6, 6.07) is 15.0. The first-order valence-corrected chi connectivity index (χ1v) is 16.7. The van der Waals surface area contributed by atoms with Crippen LogP contribution in [0.2, 0.25) is 0 Å². The predicted molar refractivity (Wildman–Crippen MR) is 184 cm³/mol. The third kappa shape index (κ3) is 7.30. The van der Waals surface area contributed by atoms with E-state index in [0.717, 1.165) is 11.8 Å². The summed E-state index contributed by atoms with van der Waals surface area (Å²) >= 11 is 1.14. The number of benzene rings is 2. The number of nitrogens with zero attached hydrogens (tertiary/aromatic N) is 4. The molecule has 2 aromatic heterocycles. The average molecular weight is 714 g/mol. The van der Waals surface area contributed by atoms with Crippen LogP contribution in [0.15, 0.2) is 88.7 Å². The molecular weight excluding hydrogens is 682 g/mol. The highest BCUT2D eigenvalue weighted by Crippen LogP contribution is 2.40. The van der Waals surface area contributed by atoms with Crippen molar-refractivity contribution in [2.45, 2.75) is 44.5 Å². The van der Waals surface area contributed by atoms with Crippen molar-refractivity contribution in [3.05, 3.63) is 121 Å². The molecule has 262 valence electrons. The van der Waals surface area contributed by atoms with Crippen molar-refractivity contribution in [2.24, 2.45) is 0 Å². The van der Waals surface area contributed by atoms with Crippen molar-refractivity contribution in [3.63, 3.8) is 0 Å². The molecular formula is C35H31N5O10S. The van der Waals surface area contributed by atoms with Crippen LogP contribution in [-0.4, -0.2) is 73.8 Å². The van der Waals surface area contributed by atoms with Crippen molar-refractivity contribution in [1.29, 1.82) is 0 Å². The number of esters is 2. The summed E-state index contributed by atoms with van der Waals surface area (Å²) in [7, 11) is 0. The molecule has 6 rings (SSSR count). The van der Waals surface area contributed by atoms with Gasteiger partial charge in [-0.15, -0.1) is 11.8 Å². The lowest BCUT2D eigenvalue weighted by atomic mass is 9.98. The number of thioether (sulfide) groups is 1. The smallest absolute Gasteiger partial charge is 0.343 e. The number of nitrogens with one attached hydrogen (secondary N) is 1. The highest BCUT2D eigenvalue weighted by molar-refractivity contribution is 8.03. The summed E-state index contributed by atoms with van der Waals surface area (Å²) < 4.78 is 18.2. The van der Waals surface area contributed by atoms with Crippen molar-refractivity contribution in [2.75, 3.05) is 13.2 Å². The third-order valence-electron chi connectivity index (χ3n) is 8.24. The van der Waals surface area contributed by atoms with Gasteiger partial charge in [0.15, 0.2) is 12.6 Å². The fourth-order valence-electron chi connectivity index (χ4n) is 5.62. The number of rotatable bonds is 12. The van der Waals surface area contributed by atoms with E-state index in [1.807, 2.05) is 6.92 Å². The number of carbonyl (C=O) groups is 4. The predicted octanol–water partition coefficient (Wildman–Crippen LogP) is 3.26. The van der Waals surface area contributed by atoms with E-state index in [4.69, 9.17) is 14.2 Å². The zero-order valence-electron chi connectivity index (χ0n) is 27.3. The number of amides is 2. The lowest BCUT2D eigenvalue weighted by Crippen LogP contribution is -2.74. The molecule has 2 aliphatic rings. The zero-order valence-corrected chi connectivity index (χ0v) is 28.2. The minimum Gasteiger partial charge on any atom is -0.484 e. The molecule has 2 aliphatic heterocycles. The van der Waals surface area contributed by atoms with E-state index in [1.165, 1.54) is 35.4 Å². The van der Waals surface area contributed by atoms with Gasteiger partial charge in [0.05, 0.1) is 10.3 Å². The van der Waals surface area contributed by atoms with Gasteiger partial charge < -0.3 is 29.0 Å². The Balaban J connectivity index is 1.19. The Morgan fingerprint density at radius 2 is 1.75 bits per heavy atom. The minimum atomic E-state index is -1.33. The Labute approximate surface area is 294 Å². The van der Waals surface area contributed by atoms with Gasteiger partial charge in [-0.25, -0.2) is 14.6 Å². The van der Waals surface area contributed by atoms with Gasteiger partial charge in [-0.3, -0.25) is 24.5 Å². The molecule has 4 heterocycles. The number of hydrogen-bond donors (Lipinski definition) is 1. The first-order chi connectivity index (χ1) is 24.5. The summed E-state index contributed by atoms with van der Waals surface area (Å²) in [5.74, 6) is -2.43. The van der Waals surface area contributed by atoms with Crippen molar-refractivity contribution in [1.82, 2.24) is 19.8 Å². The van der Waals surface area contributed by atoms with Crippen molar-refractivity contribution >= 4 is 52.2 Å². The quantitative estimate of drug-likeness (QED) is 0.0978. The first kappa shape index (κ1) is 34.8. The molecule has 0 unspecified atom stereocenters. The number of ether oxygens (including phenoxy) is 3. The molecule has 0 radical (unpaired) electrons. The molecule has 0 aliphatic carbocycles. The van der Waals surface area contributed by atoms with E-state index in [2.05, 4.69) is 10.3 Å². The van der Waals surface area contributed by atoms with Gasteiger partial charge in [0, 0.05) is 36.1 Å². The molecule has 16 heteroatoms. The Morgan fingerprint density at radius 1 is 1.00 bits per heavy atom. The van der Waals surface area contributed by atoms with E-state index in [9.17, 15) is 34.1 Å². The van der Waals surface area contributed by atoms with Crippen LogP contribution in [0.25, 0.3) is 11.0 Å². The molecule has 51 heavy (non-hydrogen) atoms. The fraction of sp³-hybridized carbons (Fsp3) is 0.257. The first-order valence-electron chi connectivity index (χ1n) is 15.8. The molecule has 2 aromatic carbocycles. The summed E-state index contributed by atoms with van der Waals surface area (Å²) in [5.41, 5.74) is 0.866. The summed E-state index contributed by atoms with van der Waals surface area (Å²) in [4.78, 5) is 82.5. The highest BCUT2D eigenvalue weighted by atomic mass is 32.2. The number of non-ortho nitro benzene ring substituents is 1. The molecule has 4 aromatic rings. The maximum absolute atomic E-state index is 13.6. The topological polar surface area (TPSA) is 189 Å².